The highest BCUT2D eigenvalue weighted by atomic mass is 79.9. The highest BCUT2D eigenvalue weighted by Crippen LogP contribution is 2.44. The Balaban J connectivity index is 2.97. The molecule has 1 heterocycles. The number of aromatic hydroxyl groups is 1. The number of ether oxygens (including phenoxy) is 1. The lowest BCUT2D eigenvalue weighted by Gasteiger charge is -2.19. The number of nitrogen functional groups attached to an aromatic ring is 1. The number of rotatable bonds is 1. The SMILES string of the molecule is COc1c(O)c(F)c2c(N)nc(C(C)(C)C)nc2c1Br. The third-order valence-electron chi connectivity index (χ3n) is 2.86. The van der Waals surface area contributed by atoms with E-state index in [1.165, 1.54) is 7.11 Å². The van der Waals surface area contributed by atoms with E-state index in [4.69, 9.17) is 10.5 Å². The standard InChI is InChI=1S/C13H15BrFN3O2/c1-13(2,3)12-17-8-5(11(16)18-12)7(15)9(19)10(20-4)6(8)14/h19H,1-4H3,(H2,16,17,18). The number of phenols is 1. The first kappa shape index (κ1) is 14.8. The van der Waals surface area contributed by atoms with Gasteiger partial charge in [0.2, 0.25) is 0 Å². The minimum atomic E-state index is -0.891. The highest BCUT2D eigenvalue weighted by Gasteiger charge is 2.25. The zero-order chi connectivity index (χ0) is 15.2. The molecule has 0 spiro atoms. The van der Waals surface area contributed by atoms with E-state index in [9.17, 15) is 9.50 Å². The number of halogens is 2. The van der Waals surface area contributed by atoms with Crippen molar-refractivity contribution in [1.82, 2.24) is 9.97 Å². The fraction of sp³-hybridized carbons (Fsp3) is 0.385. The molecule has 3 N–H and O–H groups in total. The number of nitrogens with two attached hydrogens (primary N) is 1. The van der Waals surface area contributed by atoms with Crippen molar-refractivity contribution in [2.75, 3.05) is 12.8 Å². The maximum absolute atomic E-state index is 14.2. The Morgan fingerprint density at radius 3 is 2.40 bits per heavy atom. The third-order valence-corrected chi connectivity index (χ3v) is 3.60. The van der Waals surface area contributed by atoms with Gasteiger partial charge in [-0.15, -0.1) is 0 Å². The Hall–Kier alpha value is -1.63. The fourth-order valence-corrected chi connectivity index (χ4v) is 2.44. The molecule has 7 heteroatoms. The van der Waals surface area contributed by atoms with Crippen LogP contribution in [0, 0.1) is 5.82 Å². The minimum absolute atomic E-state index is 0.0175. The molecule has 0 radical (unpaired) electrons. The number of methoxy groups -OCH3 is 1. The average molecular weight is 344 g/mol. The van der Waals surface area contributed by atoms with Crippen LogP contribution in [-0.2, 0) is 5.41 Å². The summed E-state index contributed by atoms with van der Waals surface area (Å²) >= 11 is 3.26. The van der Waals surface area contributed by atoms with Gasteiger partial charge in [-0.25, -0.2) is 14.4 Å². The van der Waals surface area contributed by atoms with Crippen molar-refractivity contribution < 1.29 is 14.2 Å². The first-order valence-electron chi connectivity index (χ1n) is 5.90. The van der Waals surface area contributed by atoms with Gasteiger partial charge in [0.15, 0.2) is 17.3 Å². The van der Waals surface area contributed by atoms with Crippen molar-refractivity contribution in [3.05, 3.63) is 16.1 Å². The maximum Gasteiger partial charge on any atom is 0.196 e. The second kappa shape index (κ2) is 4.73. The monoisotopic (exact) mass is 343 g/mol. The second-order valence-corrected chi connectivity index (χ2v) is 6.21. The smallest absolute Gasteiger partial charge is 0.196 e. The van der Waals surface area contributed by atoms with Gasteiger partial charge in [-0.3, -0.25) is 0 Å². The van der Waals surface area contributed by atoms with Crippen molar-refractivity contribution in [2.45, 2.75) is 26.2 Å². The molecule has 20 heavy (non-hydrogen) atoms. The van der Waals surface area contributed by atoms with Crippen molar-refractivity contribution >= 4 is 32.7 Å². The molecule has 0 aliphatic carbocycles. The van der Waals surface area contributed by atoms with Crippen molar-refractivity contribution in [3.8, 4) is 11.5 Å². The summed E-state index contributed by atoms with van der Waals surface area (Å²) < 4.78 is 19.5. The van der Waals surface area contributed by atoms with E-state index in [0.717, 1.165) is 0 Å². The Labute approximate surface area is 124 Å². The number of fused-ring (bicyclic) bond motifs is 1. The summed E-state index contributed by atoms with van der Waals surface area (Å²) in [5.74, 6) is -1.07. The summed E-state index contributed by atoms with van der Waals surface area (Å²) in [4.78, 5) is 8.47. The molecule has 0 saturated heterocycles. The van der Waals surface area contributed by atoms with E-state index in [1.54, 1.807) is 0 Å². The van der Waals surface area contributed by atoms with Crippen LogP contribution in [0.15, 0.2) is 4.47 Å². The van der Waals surface area contributed by atoms with Gasteiger partial charge in [-0.2, -0.15) is 0 Å². The number of nitrogens with zero attached hydrogens (tertiary/aromatic N) is 2. The van der Waals surface area contributed by atoms with Crippen LogP contribution in [-0.4, -0.2) is 22.2 Å². The molecule has 108 valence electrons. The van der Waals surface area contributed by atoms with Crippen LogP contribution in [0.4, 0.5) is 10.2 Å². The van der Waals surface area contributed by atoms with Gasteiger partial charge in [0.05, 0.1) is 22.5 Å². The lowest BCUT2D eigenvalue weighted by molar-refractivity contribution is 0.357. The summed E-state index contributed by atoms with van der Waals surface area (Å²) in [6, 6.07) is 0. The van der Waals surface area contributed by atoms with Crippen LogP contribution in [0.2, 0.25) is 0 Å². The molecule has 0 aliphatic heterocycles. The molecule has 0 bridgehead atoms. The van der Waals surface area contributed by atoms with Gasteiger partial charge in [-0.1, -0.05) is 20.8 Å². The predicted molar refractivity (Wildman–Crippen MR) is 78.5 cm³/mol. The first-order valence-corrected chi connectivity index (χ1v) is 6.69. The normalized spacial score (nSPS) is 11.9. The molecule has 0 unspecified atom stereocenters. The molecule has 5 nitrogen and oxygen atoms in total. The van der Waals surface area contributed by atoms with Crippen molar-refractivity contribution in [2.24, 2.45) is 0 Å². The van der Waals surface area contributed by atoms with Crippen LogP contribution in [0.5, 0.6) is 11.5 Å². The maximum atomic E-state index is 14.2. The van der Waals surface area contributed by atoms with Crippen molar-refractivity contribution in [1.29, 1.82) is 0 Å². The van der Waals surface area contributed by atoms with Crippen molar-refractivity contribution in [3.63, 3.8) is 0 Å². The van der Waals surface area contributed by atoms with Gasteiger partial charge >= 0.3 is 0 Å². The molecule has 0 saturated carbocycles. The number of aromatic nitrogens is 2. The molecule has 2 aromatic rings. The third kappa shape index (κ3) is 2.15. The lowest BCUT2D eigenvalue weighted by Crippen LogP contribution is -2.17. The molecule has 2 rings (SSSR count). The molecule has 0 atom stereocenters. The van der Waals surface area contributed by atoms with Crippen LogP contribution >= 0.6 is 15.9 Å². The highest BCUT2D eigenvalue weighted by molar-refractivity contribution is 9.10. The topological polar surface area (TPSA) is 81.3 Å². The van der Waals surface area contributed by atoms with Crippen LogP contribution < -0.4 is 10.5 Å². The quantitative estimate of drug-likeness (QED) is 0.831. The van der Waals surface area contributed by atoms with Crippen LogP contribution in [0.1, 0.15) is 26.6 Å². The number of benzene rings is 1. The molecule has 0 fully saturated rings. The Morgan fingerprint density at radius 1 is 1.30 bits per heavy atom. The zero-order valence-electron chi connectivity index (χ0n) is 11.6. The Bertz CT molecular complexity index is 699. The molecular formula is C13H15BrFN3O2. The summed E-state index contributed by atoms with van der Waals surface area (Å²) in [6.45, 7) is 5.78. The molecular weight excluding hydrogens is 329 g/mol. The summed E-state index contributed by atoms with van der Waals surface area (Å²) in [7, 11) is 1.33. The van der Waals surface area contributed by atoms with E-state index in [0.29, 0.717) is 10.3 Å². The molecule has 0 amide bonds. The van der Waals surface area contributed by atoms with E-state index in [-0.39, 0.29) is 27.9 Å². The van der Waals surface area contributed by atoms with Crippen LogP contribution in [0.25, 0.3) is 10.9 Å². The van der Waals surface area contributed by atoms with Gasteiger partial charge < -0.3 is 15.6 Å². The van der Waals surface area contributed by atoms with Crippen LogP contribution in [0.3, 0.4) is 0 Å². The number of anilines is 1. The van der Waals surface area contributed by atoms with E-state index < -0.39 is 11.6 Å². The first-order chi connectivity index (χ1) is 9.18. The minimum Gasteiger partial charge on any atom is -0.502 e. The molecule has 1 aromatic carbocycles. The second-order valence-electron chi connectivity index (χ2n) is 5.42. The number of phenolic OH excluding ortho intramolecular Hbond substituents is 1. The molecule has 0 aliphatic rings. The van der Waals surface area contributed by atoms with Gasteiger partial charge in [0.25, 0.3) is 0 Å². The summed E-state index contributed by atoms with van der Waals surface area (Å²) in [5.41, 5.74) is 5.75. The number of hydrogen-bond donors (Lipinski definition) is 2. The largest absolute Gasteiger partial charge is 0.502 e. The predicted octanol–water partition coefficient (Wildman–Crippen LogP) is 3.13. The summed E-state index contributed by atoms with van der Waals surface area (Å²) in [6.07, 6.45) is 0. The summed E-state index contributed by atoms with van der Waals surface area (Å²) in [5, 5.41) is 9.76. The Morgan fingerprint density at radius 2 is 1.90 bits per heavy atom. The fourth-order valence-electron chi connectivity index (χ4n) is 1.80. The average Bonchev–Trinajstić information content (AvgIpc) is 2.35. The van der Waals surface area contributed by atoms with Gasteiger partial charge in [-0.05, 0) is 15.9 Å². The van der Waals surface area contributed by atoms with E-state index >= 15 is 0 Å². The zero-order valence-corrected chi connectivity index (χ0v) is 13.2. The Kier molecular flexibility index (Phi) is 3.49. The number of hydrogen-bond acceptors (Lipinski definition) is 5. The lowest BCUT2D eigenvalue weighted by atomic mass is 9.95. The van der Waals surface area contributed by atoms with E-state index in [2.05, 4.69) is 25.9 Å². The molecule has 1 aromatic heterocycles. The van der Waals surface area contributed by atoms with Gasteiger partial charge in [0.1, 0.15) is 11.6 Å². The van der Waals surface area contributed by atoms with E-state index in [1.807, 2.05) is 20.8 Å². The van der Waals surface area contributed by atoms with Gasteiger partial charge in [0, 0.05) is 5.41 Å².